The van der Waals surface area contributed by atoms with E-state index in [1.54, 1.807) is 30.5 Å². The largest absolute Gasteiger partial charge is 0.372 e. The second kappa shape index (κ2) is 10.8. The smallest absolute Gasteiger partial charge is 0.271 e. The molecule has 0 aliphatic heterocycles. The van der Waals surface area contributed by atoms with E-state index in [2.05, 4.69) is 34.0 Å². The Labute approximate surface area is 195 Å². The molecule has 0 unspecified atom stereocenters. The Morgan fingerprint density at radius 1 is 0.909 bits per heavy atom. The van der Waals surface area contributed by atoms with Crippen LogP contribution in [0.1, 0.15) is 35.3 Å². The number of hydrazone groups is 1. The zero-order valence-corrected chi connectivity index (χ0v) is 19.8. The average molecular weight is 465 g/mol. The topological polar surface area (TPSA) is 90.9 Å². The van der Waals surface area contributed by atoms with Crippen LogP contribution in [0, 0.1) is 6.92 Å². The quantitative estimate of drug-likeness (QED) is 0.363. The van der Waals surface area contributed by atoms with Crippen molar-refractivity contribution in [2.45, 2.75) is 25.7 Å². The van der Waals surface area contributed by atoms with Gasteiger partial charge in [0.1, 0.15) is 0 Å². The van der Waals surface area contributed by atoms with Crippen molar-refractivity contribution in [2.24, 2.45) is 5.10 Å². The third kappa shape index (κ3) is 6.43. The Kier molecular flexibility index (Phi) is 7.84. The predicted octanol–water partition coefficient (Wildman–Crippen LogP) is 4.41. The first-order valence-corrected chi connectivity index (χ1v) is 12.2. The number of hydrogen-bond acceptors (Lipinski definition) is 5. The summed E-state index contributed by atoms with van der Waals surface area (Å²) >= 11 is 0. The molecule has 0 aromatic heterocycles. The molecule has 2 N–H and O–H groups in total. The van der Waals surface area contributed by atoms with Gasteiger partial charge in [-0.3, -0.25) is 9.52 Å². The summed E-state index contributed by atoms with van der Waals surface area (Å²) in [6, 6.07) is 20.7. The average Bonchev–Trinajstić information content (AvgIpc) is 2.81. The highest BCUT2D eigenvalue weighted by Gasteiger charge is 2.14. The Bertz CT molecular complexity index is 1200. The van der Waals surface area contributed by atoms with Crippen molar-refractivity contribution in [1.82, 2.24) is 5.43 Å². The van der Waals surface area contributed by atoms with Crippen molar-refractivity contribution < 1.29 is 13.2 Å². The molecule has 0 atom stereocenters. The highest BCUT2D eigenvalue weighted by Crippen LogP contribution is 2.17. The summed E-state index contributed by atoms with van der Waals surface area (Å²) in [5.74, 6) is -0.390. The molecule has 0 heterocycles. The number of nitrogens with zero attached hydrogens (tertiary/aromatic N) is 2. The molecule has 7 nitrogen and oxygen atoms in total. The number of benzene rings is 3. The molecule has 0 saturated carbocycles. The molecule has 0 fully saturated rings. The summed E-state index contributed by atoms with van der Waals surface area (Å²) in [6.45, 7) is 7.99. The summed E-state index contributed by atoms with van der Waals surface area (Å²) < 4.78 is 27.5. The van der Waals surface area contributed by atoms with Gasteiger partial charge in [-0.05, 0) is 74.9 Å². The highest BCUT2D eigenvalue weighted by atomic mass is 32.2. The van der Waals surface area contributed by atoms with E-state index in [1.165, 1.54) is 24.3 Å². The molecule has 33 heavy (non-hydrogen) atoms. The van der Waals surface area contributed by atoms with Crippen molar-refractivity contribution >= 4 is 33.5 Å². The fourth-order valence-corrected chi connectivity index (χ4v) is 4.27. The molecule has 3 rings (SSSR count). The van der Waals surface area contributed by atoms with E-state index in [1.807, 2.05) is 31.2 Å². The van der Waals surface area contributed by atoms with Gasteiger partial charge in [-0.15, -0.1) is 0 Å². The third-order valence-corrected chi connectivity index (χ3v) is 6.53. The molecule has 0 spiro atoms. The maximum absolute atomic E-state index is 12.5. The Morgan fingerprint density at radius 2 is 1.52 bits per heavy atom. The minimum absolute atomic E-state index is 0.175. The van der Waals surface area contributed by atoms with E-state index < -0.39 is 10.0 Å². The zero-order valence-electron chi connectivity index (χ0n) is 18.9. The van der Waals surface area contributed by atoms with Gasteiger partial charge in [-0.1, -0.05) is 29.8 Å². The van der Waals surface area contributed by atoms with Crippen LogP contribution in [-0.4, -0.2) is 33.6 Å². The van der Waals surface area contributed by atoms with Crippen LogP contribution in [-0.2, 0) is 10.0 Å². The lowest BCUT2D eigenvalue weighted by Gasteiger charge is -2.20. The molecule has 1 amide bonds. The van der Waals surface area contributed by atoms with E-state index >= 15 is 0 Å². The fraction of sp³-hybridized carbons (Fsp3) is 0.200. The maximum atomic E-state index is 12.5. The van der Waals surface area contributed by atoms with Gasteiger partial charge in [-0.2, -0.15) is 5.10 Å². The van der Waals surface area contributed by atoms with Gasteiger partial charge in [0.15, 0.2) is 0 Å². The van der Waals surface area contributed by atoms with Gasteiger partial charge in [0.05, 0.1) is 11.1 Å². The molecule has 0 aliphatic rings. The van der Waals surface area contributed by atoms with Gasteiger partial charge in [-0.25, -0.2) is 13.8 Å². The van der Waals surface area contributed by atoms with E-state index in [0.717, 1.165) is 29.9 Å². The standard InChI is InChI=1S/C25H28N4O3S/c1-4-29(5-2)23-14-8-20(9-15-23)18-26-27-25(30)21-10-12-22(13-11-21)28-33(31,32)24-16-6-19(3)7-17-24/h6-18,28H,4-5H2,1-3H3,(H,27,30)/b26-18+. The minimum Gasteiger partial charge on any atom is -0.372 e. The monoisotopic (exact) mass is 464 g/mol. The first-order chi connectivity index (χ1) is 15.8. The SMILES string of the molecule is CCN(CC)c1ccc(/C=N/NC(=O)c2ccc(NS(=O)(=O)c3ccc(C)cc3)cc2)cc1. The summed E-state index contributed by atoms with van der Waals surface area (Å²) in [7, 11) is -3.70. The van der Waals surface area contributed by atoms with Gasteiger partial charge in [0, 0.05) is 30.0 Å². The van der Waals surface area contributed by atoms with Crippen LogP contribution in [0.15, 0.2) is 82.8 Å². The summed E-state index contributed by atoms with van der Waals surface area (Å²) in [4.78, 5) is 14.8. The highest BCUT2D eigenvalue weighted by molar-refractivity contribution is 7.92. The first kappa shape index (κ1) is 24.0. The summed E-state index contributed by atoms with van der Waals surface area (Å²) in [5.41, 5.74) is 6.20. The predicted molar refractivity (Wildman–Crippen MR) is 133 cm³/mol. The molecule has 0 aliphatic carbocycles. The van der Waals surface area contributed by atoms with Crippen LogP contribution in [0.2, 0.25) is 0 Å². The second-order valence-electron chi connectivity index (χ2n) is 7.46. The lowest BCUT2D eigenvalue weighted by atomic mass is 10.2. The molecule has 0 bridgehead atoms. The van der Waals surface area contributed by atoms with Gasteiger partial charge >= 0.3 is 0 Å². The van der Waals surface area contributed by atoms with Gasteiger partial charge in [0.2, 0.25) is 0 Å². The zero-order chi connectivity index (χ0) is 23.8. The normalized spacial score (nSPS) is 11.4. The number of sulfonamides is 1. The van der Waals surface area contributed by atoms with Gasteiger partial charge in [0.25, 0.3) is 15.9 Å². The van der Waals surface area contributed by atoms with Crippen LogP contribution in [0.4, 0.5) is 11.4 Å². The van der Waals surface area contributed by atoms with Crippen molar-refractivity contribution in [3.8, 4) is 0 Å². The van der Waals surface area contributed by atoms with Crippen molar-refractivity contribution in [3.05, 3.63) is 89.5 Å². The van der Waals surface area contributed by atoms with Crippen LogP contribution in [0.3, 0.4) is 0 Å². The number of aryl methyl sites for hydroxylation is 1. The Morgan fingerprint density at radius 3 is 2.09 bits per heavy atom. The molecule has 172 valence electrons. The molecule has 0 radical (unpaired) electrons. The number of amides is 1. The minimum atomic E-state index is -3.70. The molecule has 3 aromatic carbocycles. The van der Waals surface area contributed by atoms with E-state index in [9.17, 15) is 13.2 Å². The Balaban J connectivity index is 1.58. The van der Waals surface area contributed by atoms with E-state index in [0.29, 0.717) is 11.3 Å². The first-order valence-electron chi connectivity index (χ1n) is 10.7. The van der Waals surface area contributed by atoms with Crippen LogP contribution in [0.5, 0.6) is 0 Å². The number of carbonyl (C=O) groups is 1. The van der Waals surface area contributed by atoms with Crippen molar-refractivity contribution in [3.63, 3.8) is 0 Å². The number of anilines is 2. The fourth-order valence-electron chi connectivity index (χ4n) is 3.21. The second-order valence-corrected chi connectivity index (χ2v) is 9.14. The van der Waals surface area contributed by atoms with Crippen molar-refractivity contribution in [1.29, 1.82) is 0 Å². The lowest BCUT2D eigenvalue weighted by molar-refractivity contribution is 0.0955. The molecule has 8 heteroatoms. The van der Waals surface area contributed by atoms with E-state index in [-0.39, 0.29) is 10.8 Å². The number of rotatable bonds is 9. The lowest BCUT2D eigenvalue weighted by Crippen LogP contribution is -2.21. The summed E-state index contributed by atoms with van der Waals surface area (Å²) in [5, 5.41) is 4.01. The van der Waals surface area contributed by atoms with Crippen LogP contribution < -0.4 is 15.0 Å². The van der Waals surface area contributed by atoms with Crippen LogP contribution >= 0.6 is 0 Å². The number of hydrogen-bond donors (Lipinski definition) is 2. The Hall–Kier alpha value is -3.65. The van der Waals surface area contributed by atoms with Gasteiger partial charge < -0.3 is 4.90 Å². The van der Waals surface area contributed by atoms with Crippen LogP contribution in [0.25, 0.3) is 0 Å². The van der Waals surface area contributed by atoms with E-state index in [4.69, 9.17) is 0 Å². The molecular formula is C25H28N4O3S. The molecular weight excluding hydrogens is 436 g/mol. The maximum Gasteiger partial charge on any atom is 0.271 e. The molecule has 0 saturated heterocycles. The number of nitrogens with one attached hydrogen (secondary N) is 2. The third-order valence-electron chi connectivity index (χ3n) is 5.13. The number of carbonyl (C=O) groups excluding carboxylic acids is 1. The summed E-state index contributed by atoms with van der Waals surface area (Å²) in [6.07, 6.45) is 1.58. The molecule has 3 aromatic rings. The van der Waals surface area contributed by atoms with Crippen molar-refractivity contribution in [2.75, 3.05) is 22.7 Å².